The van der Waals surface area contributed by atoms with Gasteiger partial charge in [0.15, 0.2) is 0 Å². The van der Waals surface area contributed by atoms with Crippen molar-refractivity contribution in [3.63, 3.8) is 0 Å². The minimum absolute atomic E-state index is 0.692. The van der Waals surface area contributed by atoms with E-state index in [4.69, 9.17) is 0 Å². The summed E-state index contributed by atoms with van der Waals surface area (Å²) in [6.07, 6.45) is 2.08. The van der Waals surface area contributed by atoms with Gasteiger partial charge >= 0.3 is 0 Å². The van der Waals surface area contributed by atoms with Crippen molar-refractivity contribution < 1.29 is 0 Å². The summed E-state index contributed by atoms with van der Waals surface area (Å²) in [6.45, 7) is 2.69. The van der Waals surface area contributed by atoms with Crippen LogP contribution < -0.4 is 5.32 Å². The van der Waals surface area contributed by atoms with Crippen molar-refractivity contribution in [2.24, 2.45) is 0 Å². The molecule has 2 rings (SSSR count). The predicted molar refractivity (Wildman–Crippen MR) is 76.7 cm³/mol. The van der Waals surface area contributed by atoms with Crippen LogP contribution in [0.1, 0.15) is 11.5 Å². The number of rotatable bonds is 4. The summed E-state index contributed by atoms with van der Waals surface area (Å²) in [5.41, 5.74) is 3.12. The molecule has 1 N–H and O–H groups in total. The third-order valence-electron chi connectivity index (χ3n) is 2.62. The van der Waals surface area contributed by atoms with E-state index in [1.807, 2.05) is 20.0 Å². The number of nitrogens with one attached hydrogen (secondary N) is 1. The van der Waals surface area contributed by atoms with Crippen LogP contribution in [-0.2, 0) is 6.54 Å². The van der Waals surface area contributed by atoms with Gasteiger partial charge in [-0.05, 0) is 38.4 Å². The molecular weight excluding hydrogens is 242 g/mol. The Morgan fingerprint density at radius 2 is 1.89 bits per heavy atom. The van der Waals surface area contributed by atoms with Crippen molar-refractivity contribution in [1.29, 1.82) is 0 Å². The zero-order valence-corrected chi connectivity index (χ0v) is 11.7. The Bertz CT molecular complexity index is 523. The van der Waals surface area contributed by atoms with Crippen LogP contribution >= 0.6 is 11.8 Å². The fourth-order valence-corrected chi connectivity index (χ4v) is 2.19. The van der Waals surface area contributed by atoms with Crippen molar-refractivity contribution in [2.75, 3.05) is 13.3 Å². The Hall–Kier alpha value is -1.39. The number of nitrogens with zero attached hydrogens (tertiary/aromatic N) is 2. The van der Waals surface area contributed by atoms with Gasteiger partial charge in [0.1, 0.15) is 5.82 Å². The minimum atomic E-state index is 0.692. The van der Waals surface area contributed by atoms with Gasteiger partial charge in [-0.15, -0.1) is 11.8 Å². The van der Waals surface area contributed by atoms with Gasteiger partial charge in [-0.25, -0.2) is 9.97 Å². The Kier molecular flexibility index (Phi) is 4.33. The molecule has 1 aromatic carbocycles. The van der Waals surface area contributed by atoms with Crippen LogP contribution in [0.2, 0.25) is 0 Å². The van der Waals surface area contributed by atoms with Gasteiger partial charge in [0, 0.05) is 16.2 Å². The second-order valence-corrected chi connectivity index (χ2v) is 4.95. The molecule has 0 aliphatic rings. The molecule has 0 atom stereocenters. The lowest BCUT2D eigenvalue weighted by atomic mass is 10.1. The lowest BCUT2D eigenvalue weighted by Crippen LogP contribution is -2.10. The van der Waals surface area contributed by atoms with Gasteiger partial charge in [0.2, 0.25) is 0 Å². The highest BCUT2D eigenvalue weighted by molar-refractivity contribution is 7.98. The van der Waals surface area contributed by atoms with Crippen LogP contribution in [0.4, 0.5) is 0 Å². The molecule has 0 saturated carbocycles. The highest BCUT2D eigenvalue weighted by Crippen LogP contribution is 2.22. The van der Waals surface area contributed by atoms with E-state index in [0.717, 1.165) is 22.8 Å². The number of aryl methyl sites for hydroxylation is 1. The molecule has 18 heavy (non-hydrogen) atoms. The minimum Gasteiger partial charge on any atom is -0.313 e. The van der Waals surface area contributed by atoms with Crippen molar-refractivity contribution in [3.8, 4) is 11.3 Å². The molecule has 0 radical (unpaired) electrons. The molecule has 4 heteroatoms. The van der Waals surface area contributed by atoms with Crippen LogP contribution in [0.5, 0.6) is 0 Å². The van der Waals surface area contributed by atoms with Crippen molar-refractivity contribution >= 4 is 11.8 Å². The number of benzene rings is 1. The van der Waals surface area contributed by atoms with Gasteiger partial charge in [-0.3, -0.25) is 0 Å². The number of hydrogen-bond donors (Lipinski definition) is 1. The van der Waals surface area contributed by atoms with Crippen LogP contribution in [0.25, 0.3) is 11.3 Å². The maximum Gasteiger partial charge on any atom is 0.143 e. The highest BCUT2D eigenvalue weighted by atomic mass is 32.2. The average Bonchev–Trinajstić information content (AvgIpc) is 2.38. The van der Waals surface area contributed by atoms with Crippen molar-refractivity contribution in [1.82, 2.24) is 15.3 Å². The van der Waals surface area contributed by atoms with Gasteiger partial charge in [-0.1, -0.05) is 12.1 Å². The van der Waals surface area contributed by atoms with Gasteiger partial charge in [-0.2, -0.15) is 0 Å². The van der Waals surface area contributed by atoms with E-state index in [1.165, 1.54) is 4.90 Å². The normalized spacial score (nSPS) is 10.6. The summed E-state index contributed by atoms with van der Waals surface area (Å²) in [7, 11) is 1.90. The van der Waals surface area contributed by atoms with Crippen molar-refractivity contribution in [2.45, 2.75) is 18.4 Å². The Labute approximate surface area is 112 Å². The molecule has 94 valence electrons. The lowest BCUT2D eigenvalue weighted by molar-refractivity contribution is 0.754. The molecule has 3 nitrogen and oxygen atoms in total. The first kappa shape index (κ1) is 13.1. The fourth-order valence-electron chi connectivity index (χ4n) is 1.78. The molecular formula is C14H17N3S. The Morgan fingerprint density at radius 1 is 1.17 bits per heavy atom. The molecule has 0 aliphatic heterocycles. The Morgan fingerprint density at radius 3 is 2.50 bits per heavy atom. The van der Waals surface area contributed by atoms with E-state index in [1.54, 1.807) is 11.8 Å². The molecule has 2 aromatic rings. The van der Waals surface area contributed by atoms with Crippen LogP contribution in [0, 0.1) is 6.92 Å². The summed E-state index contributed by atoms with van der Waals surface area (Å²) in [6, 6.07) is 10.5. The molecule has 0 fully saturated rings. The van der Waals surface area contributed by atoms with E-state index in [2.05, 4.69) is 45.8 Å². The predicted octanol–water partition coefficient (Wildman–Crippen LogP) is 2.89. The first-order valence-electron chi connectivity index (χ1n) is 5.86. The summed E-state index contributed by atoms with van der Waals surface area (Å²) < 4.78 is 0. The number of hydrogen-bond acceptors (Lipinski definition) is 4. The first-order valence-corrected chi connectivity index (χ1v) is 7.09. The summed E-state index contributed by atoms with van der Waals surface area (Å²) >= 11 is 1.74. The second-order valence-electron chi connectivity index (χ2n) is 4.07. The average molecular weight is 259 g/mol. The summed E-state index contributed by atoms with van der Waals surface area (Å²) in [5.74, 6) is 0.835. The zero-order chi connectivity index (χ0) is 13.0. The topological polar surface area (TPSA) is 37.8 Å². The largest absolute Gasteiger partial charge is 0.313 e. The van der Waals surface area contributed by atoms with E-state index in [9.17, 15) is 0 Å². The van der Waals surface area contributed by atoms with Gasteiger partial charge < -0.3 is 5.32 Å². The third-order valence-corrected chi connectivity index (χ3v) is 3.36. The highest BCUT2D eigenvalue weighted by Gasteiger charge is 2.04. The van der Waals surface area contributed by atoms with Gasteiger partial charge in [0.25, 0.3) is 0 Å². The van der Waals surface area contributed by atoms with E-state index >= 15 is 0 Å². The van der Waals surface area contributed by atoms with Crippen LogP contribution in [-0.4, -0.2) is 23.3 Å². The molecule has 0 amide bonds. The maximum atomic E-state index is 4.57. The number of thioether (sulfide) groups is 1. The van der Waals surface area contributed by atoms with E-state index in [-0.39, 0.29) is 0 Å². The first-order chi connectivity index (χ1) is 8.72. The zero-order valence-electron chi connectivity index (χ0n) is 10.9. The second kappa shape index (κ2) is 5.98. The van der Waals surface area contributed by atoms with Gasteiger partial charge in [0.05, 0.1) is 12.2 Å². The lowest BCUT2D eigenvalue weighted by Gasteiger charge is -2.06. The Balaban J connectivity index is 2.36. The molecule has 0 saturated heterocycles. The monoisotopic (exact) mass is 259 g/mol. The molecule has 1 heterocycles. The molecule has 1 aromatic heterocycles. The number of aromatic nitrogens is 2. The molecule has 0 spiro atoms. The quantitative estimate of drug-likeness (QED) is 0.857. The molecule has 0 aliphatic carbocycles. The third kappa shape index (κ3) is 3.09. The smallest absolute Gasteiger partial charge is 0.143 e. The van der Waals surface area contributed by atoms with Crippen LogP contribution in [0.3, 0.4) is 0 Å². The SMILES string of the molecule is CNCc1nc(C)cc(-c2ccc(SC)cc2)n1. The van der Waals surface area contributed by atoms with Crippen LogP contribution in [0.15, 0.2) is 35.2 Å². The standard InChI is InChI=1S/C14H17N3S/c1-10-8-13(17-14(16-10)9-15-2)11-4-6-12(18-3)7-5-11/h4-8,15H,9H2,1-3H3. The van der Waals surface area contributed by atoms with E-state index in [0.29, 0.717) is 6.54 Å². The summed E-state index contributed by atoms with van der Waals surface area (Å²) in [4.78, 5) is 10.2. The van der Waals surface area contributed by atoms with Crippen molar-refractivity contribution in [3.05, 3.63) is 41.9 Å². The fraction of sp³-hybridized carbons (Fsp3) is 0.286. The maximum absolute atomic E-state index is 4.57. The summed E-state index contributed by atoms with van der Waals surface area (Å²) in [5, 5.41) is 3.08. The molecule has 0 unspecified atom stereocenters. The van der Waals surface area contributed by atoms with E-state index < -0.39 is 0 Å². The molecule has 0 bridgehead atoms.